The highest BCUT2D eigenvalue weighted by Gasteiger charge is 2.04. The quantitative estimate of drug-likeness (QED) is 0.750. The molecule has 0 unspecified atom stereocenters. The minimum atomic E-state index is -0.0953. The first kappa shape index (κ1) is 15.1. The Morgan fingerprint density at radius 2 is 2.05 bits per heavy atom. The molecule has 0 aliphatic carbocycles. The van der Waals surface area contributed by atoms with Crippen molar-refractivity contribution in [1.82, 2.24) is 20.7 Å². The standard InChI is InChI=1S/C12H15N5O.ClH/c13-7-9-1-3-10(4-2-9)12(18)14-6-5-11-8-15-17-16-11;/h1-4,8H,5-7,13H2,(H,14,18)(H,15,16,17);1H. The molecule has 102 valence electrons. The Labute approximate surface area is 117 Å². The van der Waals surface area contributed by atoms with E-state index in [9.17, 15) is 4.79 Å². The van der Waals surface area contributed by atoms with E-state index in [1.54, 1.807) is 18.3 Å². The van der Waals surface area contributed by atoms with Gasteiger partial charge < -0.3 is 11.1 Å². The molecule has 19 heavy (non-hydrogen) atoms. The van der Waals surface area contributed by atoms with E-state index >= 15 is 0 Å². The van der Waals surface area contributed by atoms with Gasteiger partial charge in [-0.3, -0.25) is 4.79 Å². The average Bonchev–Trinajstić information content (AvgIpc) is 2.92. The van der Waals surface area contributed by atoms with Gasteiger partial charge in [-0.1, -0.05) is 12.1 Å². The van der Waals surface area contributed by atoms with E-state index in [2.05, 4.69) is 20.7 Å². The second-order valence-corrected chi connectivity index (χ2v) is 3.87. The highest BCUT2D eigenvalue weighted by Crippen LogP contribution is 2.03. The van der Waals surface area contributed by atoms with Gasteiger partial charge in [0.15, 0.2) is 0 Å². The Morgan fingerprint density at radius 3 is 2.63 bits per heavy atom. The van der Waals surface area contributed by atoms with Crippen LogP contribution in [0.1, 0.15) is 21.6 Å². The first-order valence-electron chi connectivity index (χ1n) is 5.71. The van der Waals surface area contributed by atoms with Gasteiger partial charge in [-0.25, -0.2) is 0 Å². The normalized spacial score (nSPS) is 9.74. The summed E-state index contributed by atoms with van der Waals surface area (Å²) >= 11 is 0. The maximum atomic E-state index is 11.8. The molecule has 0 fully saturated rings. The van der Waals surface area contributed by atoms with Gasteiger partial charge in [-0.15, -0.1) is 12.4 Å². The molecule has 0 aliphatic rings. The van der Waals surface area contributed by atoms with Gasteiger partial charge in [0.2, 0.25) is 0 Å². The van der Waals surface area contributed by atoms with Gasteiger partial charge in [-0.2, -0.15) is 15.4 Å². The Hall–Kier alpha value is -1.92. The zero-order chi connectivity index (χ0) is 12.8. The molecule has 1 heterocycles. The van der Waals surface area contributed by atoms with Crippen LogP contribution < -0.4 is 11.1 Å². The number of carbonyl (C=O) groups excluding carboxylic acids is 1. The molecular formula is C12H16ClN5O. The molecule has 0 aliphatic heterocycles. The van der Waals surface area contributed by atoms with Crippen molar-refractivity contribution in [2.24, 2.45) is 5.73 Å². The van der Waals surface area contributed by atoms with Crippen molar-refractivity contribution >= 4 is 18.3 Å². The Kier molecular flexibility index (Phi) is 5.98. The summed E-state index contributed by atoms with van der Waals surface area (Å²) in [5, 5.41) is 13.0. The molecule has 2 rings (SSSR count). The smallest absolute Gasteiger partial charge is 0.251 e. The molecule has 6 nitrogen and oxygen atoms in total. The fraction of sp³-hybridized carbons (Fsp3) is 0.250. The number of rotatable bonds is 5. The predicted octanol–water partition coefficient (Wildman–Crippen LogP) is 0.658. The average molecular weight is 282 g/mol. The number of amides is 1. The van der Waals surface area contributed by atoms with Crippen LogP contribution in [0.25, 0.3) is 0 Å². The fourth-order valence-corrected chi connectivity index (χ4v) is 1.54. The van der Waals surface area contributed by atoms with Crippen molar-refractivity contribution < 1.29 is 4.79 Å². The topological polar surface area (TPSA) is 96.7 Å². The number of hydrogen-bond acceptors (Lipinski definition) is 4. The summed E-state index contributed by atoms with van der Waals surface area (Å²) < 4.78 is 0. The highest BCUT2D eigenvalue weighted by molar-refractivity contribution is 5.94. The van der Waals surface area contributed by atoms with Gasteiger partial charge >= 0.3 is 0 Å². The van der Waals surface area contributed by atoms with Crippen LogP contribution in [0.2, 0.25) is 0 Å². The summed E-state index contributed by atoms with van der Waals surface area (Å²) in [6, 6.07) is 7.25. The zero-order valence-corrected chi connectivity index (χ0v) is 11.1. The number of hydrogen-bond donors (Lipinski definition) is 3. The number of nitrogens with two attached hydrogens (primary N) is 1. The van der Waals surface area contributed by atoms with Crippen molar-refractivity contribution in [3.05, 3.63) is 47.3 Å². The summed E-state index contributed by atoms with van der Waals surface area (Å²) in [6.07, 6.45) is 2.30. The van der Waals surface area contributed by atoms with Crippen molar-refractivity contribution in [2.75, 3.05) is 6.54 Å². The Bertz CT molecular complexity index is 497. The van der Waals surface area contributed by atoms with Crippen LogP contribution in [0.5, 0.6) is 0 Å². The van der Waals surface area contributed by atoms with Crippen molar-refractivity contribution in [2.45, 2.75) is 13.0 Å². The summed E-state index contributed by atoms with van der Waals surface area (Å²) in [5.41, 5.74) is 7.96. The summed E-state index contributed by atoms with van der Waals surface area (Å²) in [5.74, 6) is -0.0953. The SMILES string of the molecule is Cl.NCc1ccc(C(=O)NCCc2cn[nH]n2)cc1. The van der Waals surface area contributed by atoms with E-state index in [-0.39, 0.29) is 18.3 Å². The largest absolute Gasteiger partial charge is 0.352 e. The molecule has 0 saturated heterocycles. The van der Waals surface area contributed by atoms with Gasteiger partial charge in [-0.05, 0) is 17.7 Å². The van der Waals surface area contributed by atoms with E-state index < -0.39 is 0 Å². The van der Waals surface area contributed by atoms with Gasteiger partial charge in [0.05, 0.1) is 11.9 Å². The van der Waals surface area contributed by atoms with Crippen LogP contribution in [-0.2, 0) is 13.0 Å². The minimum absolute atomic E-state index is 0. The molecule has 0 saturated carbocycles. The molecule has 0 radical (unpaired) electrons. The molecule has 1 aromatic heterocycles. The van der Waals surface area contributed by atoms with Gasteiger partial charge in [0.25, 0.3) is 5.91 Å². The van der Waals surface area contributed by atoms with Crippen LogP contribution in [-0.4, -0.2) is 27.9 Å². The van der Waals surface area contributed by atoms with Crippen molar-refractivity contribution in [3.63, 3.8) is 0 Å². The second-order valence-electron chi connectivity index (χ2n) is 3.87. The molecule has 0 bridgehead atoms. The van der Waals surface area contributed by atoms with Crippen LogP contribution in [0.15, 0.2) is 30.5 Å². The van der Waals surface area contributed by atoms with Crippen molar-refractivity contribution in [3.8, 4) is 0 Å². The lowest BCUT2D eigenvalue weighted by molar-refractivity contribution is 0.0954. The first-order valence-corrected chi connectivity index (χ1v) is 5.71. The van der Waals surface area contributed by atoms with Crippen LogP contribution in [0.3, 0.4) is 0 Å². The fourth-order valence-electron chi connectivity index (χ4n) is 1.54. The van der Waals surface area contributed by atoms with Crippen LogP contribution >= 0.6 is 12.4 Å². The molecule has 1 amide bonds. The summed E-state index contributed by atoms with van der Waals surface area (Å²) in [6.45, 7) is 1.01. The third kappa shape index (κ3) is 4.35. The number of aromatic nitrogens is 3. The van der Waals surface area contributed by atoms with Gasteiger partial charge in [0, 0.05) is 25.1 Å². The van der Waals surface area contributed by atoms with E-state index in [1.807, 2.05) is 12.1 Å². The molecule has 0 spiro atoms. The van der Waals surface area contributed by atoms with Gasteiger partial charge in [0.1, 0.15) is 0 Å². The molecule has 0 atom stereocenters. The van der Waals surface area contributed by atoms with E-state index in [0.29, 0.717) is 25.1 Å². The monoisotopic (exact) mass is 281 g/mol. The number of nitrogens with one attached hydrogen (secondary N) is 2. The number of halogens is 1. The number of H-pyrrole nitrogens is 1. The maximum Gasteiger partial charge on any atom is 0.251 e. The lowest BCUT2D eigenvalue weighted by Gasteiger charge is -2.04. The number of carbonyl (C=O) groups is 1. The molecule has 4 N–H and O–H groups in total. The first-order chi connectivity index (χ1) is 8.79. The molecule has 2 aromatic rings. The molecule has 7 heteroatoms. The summed E-state index contributed by atoms with van der Waals surface area (Å²) in [7, 11) is 0. The highest BCUT2D eigenvalue weighted by atomic mass is 35.5. The van der Waals surface area contributed by atoms with Crippen LogP contribution in [0, 0.1) is 0 Å². The number of aromatic amines is 1. The minimum Gasteiger partial charge on any atom is -0.352 e. The third-order valence-corrected chi connectivity index (χ3v) is 2.58. The second kappa shape index (κ2) is 7.50. The number of nitrogens with zero attached hydrogens (tertiary/aromatic N) is 2. The molecule has 1 aromatic carbocycles. The number of benzene rings is 1. The van der Waals surface area contributed by atoms with Crippen LogP contribution in [0.4, 0.5) is 0 Å². The van der Waals surface area contributed by atoms with E-state index in [4.69, 9.17) is 5.73 Å². The lowest BCUT2D eigenvalue weighted by atomic mass is 10.1. The lowest BCUT2D eigenvalue weighted by Crippen LogP contribution is -2.25. The Balaban J connectivity index is 0.00000180. The van der Waals surface area contributed by atoms with Crippen molar-refractivity contribution in [1.29, 1.82) is 0 Å². The Morgan fingerprint density at radius 1 is 1.32 bits per heavy atom. The zero-order valence-electron chi connectivity index (χ0n) is 10.3. The van der Waals surface area contributed by atoms with E-state index in [0.717, 1.165) is 11.3 Å². The third-order valence-electron chi connectivity index (χ3n) is 2.58. The predicted molar refractivity (Wildman–Crippen MR) is 74.0 cm³/mol. The maximum absolute atomic E-state index is 11.8. The van der Waals surface area contributed by atoms with E-state index in [1.165, 1.54) is 0 Å². The summed E-state index contributed by atoms with van der Waals surface area (Å²) in [4.78, 5) is 11.8. The molecular weight excluding hydrogens is 266 g/mol.